The highest BCUT2D eigenvalue weighted by molar-refractivity contribution is 5.58. The van der Waals surface area contributed by atoms with E-state index in [4.69, 9.17) is 99.8 Å². The predicted octanol–water partition coefficient (Wildman–Crippen LogP) is 5.70. The lowest BCUT2D eigenvalue weighted by Crippen LogP contribution is -2.16. The standard InChI is InChI=1S/C58H108O21/c1-3-5-6-7-8-9-10-12-56-13-14-58(57(55-56)11-4-2)79-54-53-78-52-51-77-50-49-76-48-47-75-46-45-74-44-43-73-42-41-72-40-39-71-38-37-70-36-35-69-34-33-68-32-31-67-30-29-66-28-27-65-26-25-64-24-23-63-22-21-62-20-19-61-18-17-60-16-15-59/h4,11,13-14,55,59H,3,5-10,12,15-54H2,1-2H3/b11-4-. The molecule has 0 aliphatic rings. The molecule has 0 heterocycles. The summed E-state index contributed by atoms with van der Waals surface area (Å²) in [6.45, 7) is 23.4. The molecule has 21 nitrogen and oxygen atoms in total. The number of allylic oxidation sites excluding steroid dienone is 1. The fourth-order valence-corrected chi connectivity index (χ4v) is 6.82. The second-order valence-corrected chi connectivity index (χ2v) is 17.5. The highest BCUT2D eigenvalue weighted by Crippen LogP contribution is 2.23. The molecule has 0 fully saturated rings. The van der Waals surface area contributed by atoms with Crippen LogP contribution in [0, 0.1) is 0 Å². The molecule has 466 valence electrons. The molecule has 1 aromatic rings. The van der Waals surface area contributed by atoms with Crippen molar-refractivity contribution in [2.45, 2.75) is 65.2 Å². The highest BCUT2D eigenvalue weighted by Gasteiger charge is 2.05. The zero-order valence-electron chi connectivity index (χ0n) is 48.9. The summed E-state index contributed by atoms with van der Waals surface area (Å²) >= 11 is 0. The maximum absolute atomic E-state index is 8.61. The van der Waals surface area contributed by atoms with Crippen molar-refractivity contribution in [1.82, 2.24) is 0 Å². The maximum atomic E-state index is 8.61. The van der Waals surface area contributed by atoms with E-state index in [1.54, 1.807) is 0 Å². The van der Waals surface area contributed by atoms with Crippen LogP contribution in [0.2, 0.25) is 0 Å². The van der Waals surface area contributed by atoms with Gasteiger partial charge in [-0.2, -0.15) is 0 Å². The molecule has 0 unspecified atom stereocenters. The number of hydrogen-bond donors (Lipinski definition) is 1. The van der Waals surface area contributed by atoms with Gasteiger partial charge in [0.05, 0.1) is 258 Å². The summed E-state index contributed by atoms with van der Waals surface area (Å²) in [7, 11) is 0. The van der Waals surface area contributed by atoms with E-state index in [1.807, 2.05) is 6.92 Å². The Kier molecular flexibility index (Phi) is 63.4. The maximum Gasteiger partial charge on any atom is 0.126 e. The molecule has 0 atom stereocenters. The minimum atomic E-state index is 0.0193. The van der Waals surface area contributed by atoms with E-state index in [-0.39, 0.29) is 6.61 Å². The van der Waals surface area contributed by atoms with E-state index < -0.39 is 0 Å². The van der Waals surface area contributed by atoms with Crippen LogP contribution < -0.4 is 4.74 Å². The number of unbranched alkanes of at least 4 members (excludes halogenated alkanes) is 6. The Balaban J connectivity index is 1.67. The third kappa shape index (κ3) is 58.9. The number of rotatable bonds is 69. The lowest BCUT2D eigenvalue weighted by Gasteiger charge is -2.12. The van der Waals surface area contributed by atoms with Crippen LogP contribution in [0.3, 0.4) is 0 Å². The average Bonchev–Trinajstić information content (AvgIpc) is 3.46. The summed E-state index contributed by atoms with van der Waals surface area (Å²) in [5.41, 5.74) is 2.49. The summed E-state index contributed by atoms with van der Waals surface area (Å²) < 4.78 is 111. The third-order valence-electron chi connectivity index (χ3n) is 10.9. The zero-order valence-corrected chi connectivity index (χ0v) is 48.9. The highest BCUT2D eigenvalue weighted by atomic mass is 16.6. The molecule has 0 saturated heterocycles. The summed E-state index contributed by atoms with van der Waals surface area (Å²) in [5, 5.41) is 8.61. The first kappa shape index (κ1) is 75.0. The lowest BCUT2D eigenvalue weighted by atomic mass is 10.0. The van der Waals surface area contributed by atoms with Crippen molar-refractivity contribution >= 4 is 6.08 Å². The van der Waals surface area contributed by atoms with Gasteiger partial charge in [-0.1, -0.05) is 63.7 Å². The van der Waals surface area contributed by atoms with Crippen molar-refractivity contribution in [2.24, 2.45) is 0 Å². The molecule has 0 aromatic heterocycles. The first-order chi connectivity index (χ1) is 39.3. The average molecular weight is 1140 g/mol. The van der Waals surface area contributed by atoms with E-state index in [9.17, 15) is 0 Å². The molecule has 0 saturated carbocycles. The van der Waals surface area contributed by atoms with E-state index in [1.165, 1.54) is 50.5 Å². The summed E-state index contributed by atoms with van der Waals surface area (Å²) in [5.74, 6) is 0.893. The van der Waals surface area contributed by atoms with E-state index >= 15 is 0 Å². The van der Waals surface area contributed by atoms with Gasteiger partial charge in [0.1, 0.15) is 12.4 Å². The van der Waals surface area contributed by atoms with Crippen molar-refractivity contribution in [1.29, 1.82) is 0 Å². The quantitative estimate of drug-likeness (QED) is 0.0777. The third-order valence-corrected chi connectivity index (χ3v) is 10.9. The van der Waals surface area contributed by atoms with Crippen molar-refractivity contribution in [3.63, 3.8) is 0 Å². The van der Waals surface area contributed by atoms with Gasteiger partial charge < -0.3 is 99.8 Å². The Hall–Kier alpha value is -2.04. The van der Waals surface area contributed by atoms with Gasteiger partial charge in [-0.25, -0.2) is 0 Å². The first-order valence-electron chi connectivity index (χ1n) is 29.3. The summed E-state index contributed by atoms with van der Waals surface area (Å²) in [6, 6.07) is 6.53. The SMILES string of the molecule is C/C=C\c1cc(CCCCCCCCC)ccc1OCCOCCOCCOCCOCCOCCOCCOCCOCCOCCOCCOCCOCCOCCOCCOCCOCCOCCOCCOCCO. The molecular formula is C58H108O21. The molecule has 0 aliphatic carbocycles. The largest absolute Gasteiger partial charge is 0.491 e. The van der Waals surface area contributed by atoms with Crippen molar-refractivity contribution in [3.05, 3.63) is 35.4 Å². The predicted molar refractivity (Wildman–Crippen MR) is 301 cm³/mol. The number of aliphatic hydroxyl groups is 1. The number of aliphatic hydroxyl groups excluding tert-OH is 1. The molecule has 0 amide bonds. The molecule has 1 N–H and O–H groups in total. The van der Waals surface area contributed by atoms with Crippen molar-refractivity contribution in [3.8, 4) is 5.75 Å². The van der Waals surface area contributed by atoms with E-state index in [0.717, 1.165) is 17.7 Å². The Morgan fingerprint density at radius 1 is 0.304 bits per heavy atom. The smallest absolute Gasteiger partial charge is 0.126 e. The van der Waals surface area contributed by atoms with Gasteiger partial charge in [-0.05, 0) is 37.5 Å². The van der Waals surface area contributed by atoms with Crippen LogP contribution >= 0.6 is 0 Å². The monoisotopic (exact) mass is 1140 g/mol. The minimum Gasteiger partial charge on any atom is -0.491 e. The van der Waals surface area contributed by atoms with Gasteiger partial charge in [0.25, 0.3) is 0 Å². The lowest BCUT2D eigenvalue weighted by molar-refractivity contribution is -0.0313. The molecule has 0 spiro atoms. The van der Waals surface area contributed by atoms with Crippen LogP contribution in [0.15, 0.2) is 24.3 Å². The number of hydrogen-bond acceptors (Lipinski definition) is 21. The van der Waals surface area contributed by atoms with E-state index in [2.05, 4.69) is 37.3 Å². The normalized spacial score (nSPS) is 11.8. The van der Waals surface area contributed by atoms with Crippen molar-refractivity contribution < 1.29 is 99.8 Å². The molecule has 0 aliphatic heterocycles. The minimum absolute atomic E-state index is 0.0193. The van der Waals surface area contributed by atoms with Gasteiger partial charge in [-0.15, -0.1) is 0 Å². The first-order valence-corrected chi connectivity index (χ1v) is 29.3. The van der Waals surface area contributed by atoms with Gasteiger partial charge in [0, 0.05) is 5.56 Å². The molecule has 1 aromatic carbocycles. The molecule has 21 heteroatoms. The number of ether oxygens (including phenoxy) is 20. The van der Waals surface area contributed by atoms with E-state index in [0.29, 0.717) is 258 Å². The zero-order chi connectivity index (χ0) is 56.4. The Labute approximate surface area is 475 Å². The second kappa shape index (κ2) is 66.8. The Morgan fingerprint density at radius 3 is 0.797 bits per heavy atom. The van der Waals surface area contributed by atoms with Crippen molar-refractivity contribution in [2.75, 3.05) is 264 Å². The van der Waals surface area contributed by atoms with Crippen LogP contribution in [0.5, 0.6) is 5.75 Å². The topological polar surface area (TPSA) is 205 Å². The molecule has 0 bridgehead atoms. The van der Waals surface area contributed by atoms with Crippen LogP contribution in [0.4, 0.5) is 0 Å². The molecule has 1 rings (SSSR count). The molecular weight excluding hydrogens is 1030 g/mol. The van der Waals surface area contributed by atoms with Crippen LogP contribution in [-0.4, -0.2) is 269 Å². The van der Waals surface area contributed by atoms with Gasteiger partial charge in [-0.3, -0.25) is 0 Å². The second-order valence-electron chi connectivity index (χ2n) is 17.5. The Morgan fingerprint density at radius 2 is 0.544 bits per heavy atom. The summed E-state index contributed by atoms with van der Waals surface area (Å²) in [6.07, 6.45) is 14.5. The van der Waals surface area contributed by atoms with Gasteiger partial charge in [0.2, 0.25) is 0 Å². The van der Waals surface area contributed by atoms with Gasteiger partial charge in [0.15, 0.2) is 0 Å². The number of benzene rings is 1. The van der Waals surface area contributed by atoms with Crippen LogP contribution in [0.25, 0.3) is 6.08 Å². The summed E-state index contributed by atoms with van der Waals surface area (Å²) in [4.78, 5) is 0. The molecule has 0 radical (unpaired) electrons. The number of aryl methyl sites for hydroxylation is 1. The van der Waals surface area contributed by atoms with Gasteiger partial charge >= 0.3 is 0 Å². The fraction of sp³-hybridized carbons (Fsp3) is 0.862. The van der Waals surface area contributed by atoms with Crippen LogP contribution in [-0.2, 0) is 96.4 Å². The molecule has 79 heavy (non-hydrogen) atoms. The fourth-order valence-electron chi connectivity index (χ4n) is 6.82. The van der Waals surface area contributed by atoms with Crippen LogP contribution in [0.1, 0.15) is 69.9 Å². The Bertz CT molecular complexity index is 1340.